The van der Waals surface area contributed by atoms with Gasteiger partial charge in [-0.25, -0.2) is 0 Å². The zero-order valence-electron chi connectivity index (χ0n) is 11.8. The van der Waals surface area contributed by atoms with Crippen LogP contribution in [0.5, 0.6) is 0 Å². The van der Waals surface area contributed by atoms with Gasteiger partial charge in [0.05, 0.1) is 16.9 Å². The lowest BCUT2D eigenvalue weighted by Gasteiger charge is -2.18. The Balaban J connectivity index is 2.29. The number of nitro groups is 1. The fraction of sp³-hybridized carbons (Fsp3) is 0.385. The molecule has 112 valence electrons. The molecular formula is C13H16N4O4. The molecule has 1 aliphatic rings. The first kappa shape index (κ1) is 14.9. The summed E-state index contributed by atoms with van der Waals surface area (Å²) in [5.74, 6) is 4.67. The minimum Gasteiger partial charge on any atom is -0.318 e. The average Bonchev–Trinajstić information content (AvgIpc) is 2.60. The van der Waals surface area contributed by atoms with Crippen LogP contribution in [0.2, 0.25) is 0 Å². The lowest BCUT2D eigenvalue weighted by Crippen LogP contribution is -2.32. The molecule has 0 bridgehead atoms. The highest BCUT2D eigenvalue weighted by molar-refractivity contribution is 6.05. The zero-order valence-corrected chi connectivity index (χ0v) is 11.8. The Labute approximate surface area is 121 Å². The monoisotopic (exact) mass is 292 g/mol. The second-order valence-corrected chi connectivity index (χ2v) is 5.60. The van der Waals surface area contributed by atoms with Gasteiger partial charge in [0.2, 0.25) is 11.8 Å². The fourth-order valence-corrected chi connectivity index (χ4v) is 2.32. The predicted molar refractivity (Wildman–Crippen MR) is 74.9 cm³/mol. The minimum atomic E-state index is -0.720. The van der Waals surface area contributed by atoms with Crippen LogP contribution in [0.15, 0.2) is 18.2 Å². The van der Waals surface area contributed by atoms with Crippen molar-refractivity contribution < 1.29 is 14.5 Å². The highest BCUT2D eigenvalue weighted by Crippen LogP contribution is 2.33. The minimum absolute atomic E-state index is 0.0206. The SMILES string of the molecule is CC1(C)CC(=O)N(Cc2ccc(NN)c([N+](=O)[O-])c2)C1=O. The van der Waals surface area contributed by atoms with Crippen LogP contribution in [0, 0.1) is 15.5 Å². The van der Waals surface area contributed by atoms with E-state index in [0.29, 0.717) is 5.56 Å². The molecule has 2 rings (SSSR count). The number of hydrazine groups is 1. The molecule has 1 aromatic carbocycles. The fourth-order valence-electron chi connectivity index (χ4n) is 2.32. The maximum absolute atomic E-state index is 12.1. The van der Waals surface area contributed by atoms with Gasteiger partial charge in [0, 0.05) is 12.5 Å². The maximum atomic E-state index is 12.1. The summed E-state index contributed by atoms with van der Waals surface area (Å²) in [6.45, 7) is 3.43. The molecule has 0 aliphatic carbocycles. The number of nitrogens with zero attached hydrogens (tertiary/aromatic N) is 2. The molecule has 0 aromatic heterocycles. The standard InChI is InChI=1S/C13H16N4O4/c1-13(2)6-11(18)16(12(13)19)7-8-3-4-9(15-14)10(5-8)17(20)21/h3-5,15H,6-7,14H2,1-2H3. The van der Waals surface area contributed by atoms with E-state index in [0.717, 1.165) is 4.90 Å². The second kappa shape index (κ2) is 5.13. The van der Waals surface area contributed by atoms with E-state index in [-0.39, 0.29) is 36.2 Å². The predicted octanol–water partition coefficient (Wildman–Crippen LogP) is 1.17. The van der Waals surface area contributed by atoms with Crippen molar-refractivity contribution in [2.75, 3.05) is 5.43 Å². The van der Waals surface area contributed by atoms with Crippen molar-refractivity contribution in [3.63, 3.8) is 0 Å². The van der Waals surface area contributed by atoms with E-state index in [1.165, 1.54) is 12.1 Å². The molecule has 2 amide bonds. The summed E-state index contributed by atoms with van der Waals surface area (Å²) in [4.78, 5) is 35.5. The summed E-state index contributed by atoms with van der Waals surface area (Å²) in [5, 5.41) is 11.0. The molecule has 1 saturated heterocycles. The number of hydrogen-bond acceptors (Lipinski definition) is 6. The van der Waals surface area contributed by atoms with E-state index < -0.39 is 10.3 Å². The number of amides is 2. The molecule has 1 aromatic rings. The number of carbonyl (C=O) groups excluding carboxylic acids is 2. The van der Waals surface area contributed by atoms with Crippen LogP contribution in [0.25, 0.3) is 0 Å². The van der Waals surface area contributed by atoms with Crippen LogP contribution in [0.3, 0.4) is 0 Å². The normalized spacial score (nSPS) is 17.2. The third kappa shape index (κ3) is 2.70. The Bertz CT molecular complexity index is 627. The quantitative estimate of drug-likeness (QED) is 0.372. The van der Waals surface area contributed by atoms with Crippen molar-refractivity contribution in [2.45, 2.75) is 26.8 Å². The number of hydrogen-bond donors (Lipinski definition) is 2. The first-order valence-corrected chi connectivity index (χ1v) is 6.35. The van der Waals surface area contributed by atoms with Gasteiger partial charge in [-0.2, -0.15) is 0 Å². The largest absolute Gasteiger partial charge is 0.318 e. The van der Waals surface area contributed by atoms with E-state index in [4.69, 9.17) is 5.84 Å². The van der Waals surface area contributed by atoms with Crippen LogP contribution in [0.1, 0.15) is 25.8 Å². The van der Waals surface area contributed by atoms with Gasteiger partial charge < -0.3 is 5.43 Å². The summed E-state index contributed by atoms with van der Waals surface area (Å²) in [5.41, 5.74) is 1.99. The number of likely N-dealkylation sites (tertiary alicyclic amines) is 1. The molecule has 8 heteroatoms. The summed E-state index contributed by atoms with van der Waals surface area (Å²) >= 11 is 0. The van der Waals surface area contributed by atoms with Gasteiger partial charge in [-0.3, -0.25) is 30.4 Å². The Kier molecular flexibility index (Phi) is 3.65. The Morgan fingerprint density at radius 3 is 2.57 bits per heavy atom. The number of carbonyl (C=O) groups is 2. The third-order valence-corrected chi connectivity index (χ3v) is 3.47. The van der Waals surface area contributed by atoms with E-state index in [1.807, 2.05) is 0 Å². The van der Waals surface area contributed by atoms with Gasteiger partial charge >= 0.3 is 0 Å². The van der Waals surface area contributed by atoms with Gasteiger partial charge in [-0.1, -0.05) is 19.9 Å². The van der Waals surface area contributed by atoms with Gasteiger partial charge in [0.1, 0.15) is 5.69 Å². The highest BCUT2D eigenvalue weighted by atomic mass is 16.6. The van der Waals surface area contributed by atoms with Crippen molar-refractivity contribution in [3.05, 3.63) is 33.9 Å². The van der Waals surface area contributed by atoms with Crippen molar-refractivity contribution in [3.8, 4) is 0 Å². The maximum Gasteiger partial charge on any atom is 0.293 e. The summed E-state index contributed by atoms with van der Waals surface area (Å²) < 4.78 is 0. The number of imide groups is 1. The lowest BCUT2D eigenvalue weighted by atomic mass is 9.92. The lowest BCUT2D eigenvalue weighted by molar-refractivity contribution is -0.384. The molecule has 0 atom stereocenters. The number of nitrogens with one attached hydrogen (secondary N) is 1. The van der Waals surface area contributed by atoms with Crippen LogP contribution in [-0.4, -0.2) is 21.6 Å². The smallest absolute Gasteiger partial charge is 0.293 e. The van der Waals surface area contributed by atoms with Crippen molar-refractivity contribution in [1.29, 1.82) is 0 Å². The van der Waals surface area contributed by atoms with Crippen molar-refractivity contribution in [2.24, 2.45) is 11.3 Å². The van der Waals surface area contributed by atoms with E-state index in [2.05, 4.69) is 5.43 Å². The Morgan fingerprint density at radius 2 is 2.10 bits per heavy atom. The van der Waals surface area contributed by atoms with Crippen LogP contribution in [-0.2, 0) is 16.1 Å². The Hall–Kier alpha value is -2.48. The van der Waals surface area contributed by atoms with Gasteiger partial charge in [-0.05, 0) is 11.6 Å². The molecule has 21 heavy (non-hydrogen) atoms. The first-order chi connectivity index (χ1) is 9.76. The Morgan fingerprint density at radius 1 is 1.43 bits per heavy atom. The second-order valence-electron chi connectivity index (χ2n) is 5.60. The molecule has 0 saturated carbocycles. The topological polar surface area (TPSA) is 119 Å². The number of benzene rings is 1. The molecule has 0 unspecified atom stereocenters. The van der Waals surface area contributed by atoms with E-state index in [9.17, 15) is 19.7 Å². The average molecular weight is 292 g/mol. The number of nitrogen functional groups attached to an aromatic ring is 1. The van der Waals surface area contributed by atoms with Crippen molar-refractivity contribution in [1.82, 2.24) is 4.90 Å². The van der Waals surface area contributed by atoms with Gasteiger partial charge in [0.25, 0.3) is 5.69 Å². The summed E-state index contributed by atoms with van der Waals surface area (Å²) in [7, 11) is 0. The van der Waals surface area contributed by atoms with Crippen LogP contribution >= 0.6 is 0 Å². The first-order valence-electron chi connectivity index (χ1n) is 6.35. The van der Waals surface area contributed by atoms with Crippen LogP contribution < -0.4 is 11.3 Å². The zero-order chi connectivity index (χ0) is 15.8. The van der Waals surface area contributed by atoms with Crippen molar-refractivity contribution >= 4 is 23.2 Å². The molecule has 0 radical (unpaired) electrons. The molecule has 8 nitrogen and oxygen atoms in total. The number of nitro benzene ring substituents is 1. The van der Waals surface area contributed by atoms with E-state index >= 15 is 0 Å². The molecule has 0 spiro atoms. The molecule has 1 fully saturated rings. The number of rotatable bonds is 4. The third-order valence-electron chi connectivity index (χ3n) is 3.47. The van der Waals surface area contributed by atoms with E-state index in [1.54, 1.807) is 19.9 Å². The molecule has 3 N–H and O–H groups in total. The summed E-state index contributed by atoms with van der Waals surface area (Å²) in [6.07, 6.45) is 0.149. The molecule has 1 aliphatic heterocycles. The summed E-state index contributed by atoms with van der Waals surface area (Å²) in [6, 6.07) is 4.35. The van der Waals surface area contributed by atoms with Crippen LogP contribution in [0.4, 0.5) is 11.4 Å². The van der Waals surface area contributed by atoms with Gasteiger partial charge in [0.15, 0.2) is 0 Å². The molecule has 1 heterocycles. The number of anilines is 1. The highest BCUT2D eigenvalue weighted by Gasteiger charge is 2.44. The molecular weight excluding hydrogens is 276 g/mol. The van der Waals surface area contributed by atoms with Gasteiger partial charge in [-0.15, -0.1) is 0 Å². The number of nitrogens with two attached hydrogens (primary N) is 1.